The summed E-state index contributed by atoms with van der Waals surface area (Å²) in [6.07, 6.45) is 1.87. The van der Waals surface area contributed by atoms with Crippen molar-refractivity contribution < 1.29 is 0 Å². The molecule has 0 unspecified atom stereocenters. The van der Waals surface area contributed by atoms with Crippen LogP contribution >= 0.6 is 11.3 Å². The third-order valence-electron chi connectivity index (χ3n) is 10.9. The number of aromatic nitrogens is 5. The average molecular weight is 698 g/mol. The summed E-state index contributed by atoms with van der Waals surface area (Å²) < 4.78 is 4.63. The molecule has 6 aromatic carbocycles. The van der Waals surface area contributed by atoms with Crippen molar-refractivity contribution in [1.82, 2.24) is 24.5 Å². The molecular formula is C47H31N5S. The summed E-state index contributed by atoms with van der Waals surface area (Å²) in [5.41, 5.74) is 11.1. The molecule has 4 aromatic heterocycles. The zero-order valence-electron chi connectivity index (χ0n) is 29.1. The predicted octanol–water partition coefficient (Wildman–Crippen LogP) is 12.0. The van der Waals surface area contributed by atoms with Crippen molar-refractivity contribution >= 4 is 53.4 Å². The van der Waals surface area contributed by atoms with E-state index in [2.05, 4.69) is 140 Å². The Kier molecular flexibility index (Phi) is 6.40. The van der Waals surface area contributed by atoms with Gasteiger partial charge in [-0.3, -0.25) is 4.57 Å². The van der Waals surface area contributed by atoms with E-state index in [4.69, 9.17) is 19.9 Å². The van der Waals surface area contributed by atoms with Crippen molar-refractivity contribution in [2.75, 3.05) is 0 Å². The topological polar surface area (TPSA) is 56.5 Å². The van der Waals surface area contributed by atoms with Gasteiger partial charge in [-0.2, -0.15) is 0 Å². The average Bonchev–Trinajstić information content (AvgIpc) is 3.83. The molecule has 10 aromatic rings. The number of fused-ring (bicyclic) bond motifs is 9. The van der Waals surface area contributed by atoms with Gasteiger partial charge in [0.2, 0.25) is 0 Å². The van der Waals surface area contributed by atoms with Crippen LogP contribution in [0.1, 0.15) is 25.0 Å². The molecule has 1 aliphatic rings. The molecule has 6 heteroatoms. The SMILES string of the molecule is CC1(C)c2ccccc2-c2c(-c3nc(-c4ccccc4)nc(-c4cccc5c4sc4cc(-n6c7ccccc7c7cccnc76)ccc45)n3)cccc21. The van der Waals surface area contributed by atoms with Crippen LogP contribution in [-0.2, 0) is 5.41 Å². The lowest BCUT2D eigenvalue weighted by Crippen LogP contribution is -2.14. The van der Waals surface area contributed by atoms with E-state index in [0.717, 1.165) is 43.6 Å². The van der Waals surface area contributed by atoms with Gasteiger partial charge in [-0.15, -0.1) is 11.3 Å². The van der Waals surface area contributed by atoms with Crippen molar-refractivity contribution in [2.45, 2.75) is 19.3 Å². The zero-order chi connectivity index (χ0) is 35.3. The lowest BCUT2D eigenvalue weighted by atomic mass is 9.82. The first-order valence-electron chi connectivity index (χ1n) is 17.9. The molecule has 0 radical (unpaired) electrons. The minimum atomic E-state index is -0.128. The molecule has 1 aliphatic carbocycles. The van der Waals surface area contributed by atoms with Gasteiger partial charge in [-0.1, -0.05) is 123 Å². The van der Waals surface area contributed by atoms with Gasteiger partial charge in [0.25, 0.3) is 0 Å². The number of para-hydroxylation sites is 1. The van der Waals surface area contributed by atoms with Crippen molar-refractivity contribution in [3.05, 3.63) is 163 Å². The van der Waals surface area contributed by atoms with Crippen LogP contribution in [0, 0.1) is 0 Å². The maximum Gasteiger partial charge on any atom is 0.165 e. The first-order valence-corrected chi connectivity index (χ1v) is 18.7. The Hall–Kier alpha value is -6.50. The van der Waals surface area contributed by atoms with Crippen LogP contribution in [0.15, 0.2) is 152 Å². The molecule has 0 atom stereocenters. The van der Waals surface area contributed by atoms with E-state index in [0.29, 0.717) is 17.5 Å². The highest BCUT2D eigenvalue weighted by Crippen LogP contribution is 2.52. The second kappa shape index (κ2) is 11.2. The molecule has 0 saturated heterocycles. The number of pyridine rings is 1. The molecular weight excluding hydrogens is 667 g/mol. The van der Waals surface area contributed by atoms with Gasteiger partial charge in [0.05, 0.1) is 5.52 Å². The number of hydrogen-bond donors (Lipinski definition) is 0. The Morgan fingerprint density at radius 3 is 2.11 bits per heavy atom. The lowest BCUT2D eigenvalue weighted by Gasteiger charge is -2.21. The lowest BCUT2D eigenvalue weighted by molar-refractivity contribution is 0.660. The van der Waals surface area contributed by atoms with Crippen LogP contribution in [0.5, 0.6) is 0 Å². The predicted molar refractivity (Wildman–Crippen MR) is 219 cm³/mol. The molecule has 0 N–H and O–H groups in total. The second-order valence-electron chi connectivity index (χ2n) is 14.3. The number of hydrogen-bond acceptors (Lipinski definition) is 5. The smallest absolute Gasteiger partial charge is 0.165 e. The molecule has 11 rings (SSSR count). The maximum absolute atomic E-state index is 5.32. The van der Waals surface area contributed by atoms with E-state index in [1.165, 1.54) is 43.1 Å². The van der Waals surface area contributed by atoms with E-state index < -0.39 is 0 Å². The Balaban J connectivity index is 1.13. The Morgan fingerprint density at radius 1 is 0.528 bits per heavy atom. The van der Waals surface area contributed by atoms with E-state index in [9.17, 15) is 0 Å². The number of thiophene rings is 1. The van der Waals surface area contributed by atoms with Crippen LogP contribution in [0.3, 0.4) is 0 Å². The van der Waals surface area contributed by atoms with Crippen molar-refractivity contribution in [1.29, 1.82) is 0 Å². The number of nitrogens with zero attached hydrogens (tertiary/aromatic N) is 5. The second-order valence-corrected chi connectivity index (χ2v) is 15.3. The Bertz CT molecular complexity index is 3050. The fourth-order valence-electron chi connectivity index (χ4n) is 8.43. The normalized spacial score (nSPS) is 13.2. The summed E-state index contributed by atoms with van der Waals surface area (Å²) in [4.78, 5) is 20.5. The largest absolute Gasteiger partial charge is 0.294 e. The fourth-order valence-corrected chi connectivity index (χ4v) is 9.68. The Labute approximate surface area is 309 Å². The number of benzene rings is 6. The van der Waals surface area contributed by atoms with Crippen molar-refractivity contribution in [3.8, 4) is 51.0 Å². The molecule has 0 aliphatic heterocycles. The summed E-state index contributed by atoms with van der Waals surface area (Å²) in [6.45, 7) is 4.61. The molecule has 0 saturated carbocycles. The highest BCUT2D eigenvalue weighted by Gasteiger charge is 2.37. The van der Waals surface area contributed by atoms with E-state index in [-0.39, 0.29) is 5.41 Å². The fraction of sp³-hybridized carbons (Fsp3) is 0.0638. The highest BCUT2D eigenvalue weighted by atomic mass is 32.1. The minimum Gasteiger partial charge on any atom is -0.294 e. The van der Waals surface area contributed by atoms with E-state index >= 15 is 0 Å². The number of rotatable bonds is 4. The zero-order valence-corrected chi connectivity index (χ0v) is 29.9. The molecule has 5 nitrogen and oxygen atoms in total. The first kappa shape index (κ1) is 30.2. The Morgan fingerprint density at radius 2 is 1.21 bits per heavy atom. The van der Waals surface area contributed by atoms with Gasteiger partial charge in [0.1, 0.15) is 5.65 Å². The van der Waals surface area contributed by atoms with Crippen LogP contribution in [0.4, 0.5) is 0 Å². The molecule has 0 bridgehead atoms. The van der Waals surface area contributed by atoms with E-state index in [1.807, 2.05) is 30.5 Å². The van der Waals surface area contributed by atoms with Gasteiger partial charge in [-0.05, 0) is 58.7 Å². The van der Waals surface area contributed by atoms with Crippen molar-refractivity contribution in [2.24, 2.45) is 0 Å². The van der Waals surface area contributed by atoms with Gasteiger partial charge < -0.3 is 0 Å². The molecule has 0 spiro atoms. The summed E-state index contributed by atoms with van der Waals surface area (Å²) in [7, 11) is 0. The van der Waals surface area contributed by atoms with Gasteiger partial charge in [0.15, 0.2) is 17.5 Å². The van der Waals surface area contributed by atoms with Gasteiger partial charge in [0, 0.05) is 64.9 Å². The van der Waals surface area contributed by atoms with Gasteiger partial charge >= 0.3 is 0 Å². The quantitative estimate of drug-likeness (QED) is 0.184. The maximum atomic E-state index is 5.32. The molecule has 250 valence electrons. The molecule has 0 fully saturated rings. The standard InChI is InChI=1S/C47H31N5S/c1-47(2)37-21-8-6-16-34(37)41-35(18-11-22-38(41)47)44-49-43(28-13-4-3-5-14-28)50-45(51-44)36-19-10-17-32-31-25-24-29(27-40(31)53-42(32)36)52-39-23-9-7-15-30(39)33-20-12-26-48-46(33)52/h3-27H,1-2H3. The summed E-state index contributed by atoms with van der Waals surface area (Å²) in [5, 5.41) is 4.75. The third kappa shape index (κ3) is 4.42. The third-order valence-corrected chi connectivity index (χ3v) is 12.1. The molecule has 0 amide bonds. The monoisotopic (exact) mass is 697 g/mol. The minimum absolute atomic E-state index is 0.128. The molecule has 4 heterocycles. The van der Waals surface area contributed by atoms with E-state index in [1.54, 1.807) is 11.3 Å². The van der Waals surface area contributed by atoms with Crippen molar-refractivity contribution in [3.63, 3.8) is 0 Å². The summed E-state index contributed by atoms with van der Waals surface area (Å²) >= 11 is 1.79. The molecule has 53 heavy (non-hydrogen) atoms. The van der Waals surface area contributed by atoms with Crippen LogP contribution in [-0.4, -0.2) is 24.5 Å². The van der Waals surface area contributed by atoms with Gasteiger partial charge in [-0.25, -0.2) is 19.9 Å². The van der Waals surface area contributed by atoms with Crippen LogP contribution in [0.2, 0.25) is 0 Å². The summed E-state index contributed by atoms with van der Waals surface area (Å²) in [6, 6.07) is 51.5. The summed E-state index contributed by atoms with van der Waals surface area (Å²) in [5.74, 6) is 2.01. The van der Waals surface area contributed by atoms with Crippen LogP contribution < -0.4 is 0 Å². The first-order chi connectivity index (χ1) is 26.0. The van der Waals surface area contributed by atoms with Crippen LogP contribution in [0.25, 0.3) is 93.1 Å². The highest BCUT2D eigenvalue weighted by molar-refractivity contribution is 7.26.